The van der Waals surface area contributed by atoms with Crippen molar-refractivity contribution in [2.24, 2.45) is 17.1 Å². The minimum atomic E-state index is -1.42. The first-order chi connectivity index (χ1) is 14.2. The summed E-state index contributed by atoms with van der Waals surface area (Å²) in [5.74, 6) is -1.93. The highest BCUT2D eigenvalue weighted by atomic mass is 16.6. The number of para-hydroxylation sites is 1. The van der Waals surface area contributed by atoms with Crippen LogP contribution in [-0.4, -0.2) is 53.1 Å². The normalized spacial score (nSPS) is 25.7. The number of carbonyl (C=O) groups is 2. The number of nitrogens with two attached hydrogens (primary N) is 1. The van der Waals surface area contributed by atoms with Crippen LogP contribution in [0, 0.1) is 21.4 Å². The lowest BCUT2D eigenvalue weighted by Gasteiger charge is -2.37. The van der Waals surface area contributed by atoms with Gasteiger partial charge < -0.3 is 25.8 Å². The first-order valence-corrected chi connectivity index (χ1v) is 10.0. The molecule has 30 heavy (non-hydrogen) atoms. The van der Waals surface area contributed by atoms with E-state index >= 15 is 0 Å². The van der Waals surface area contributed by atoms with E-state index in [0.717, 1.165) is 12.8 Å². The van der Waals surface area contributed by atoms with Crippen LogP contribution in [0.15, 0.2) is 18.2 Å². The maximum atomic E-state index is 12.7. The maximum absolute atomic E-state index is 12.7. The monoisotopic (exact) mass is 419 g/mol. The Morgan fingerprint density at radius 2 is 2.07 bits per heavy atom. The quantitative estimate of drug-likeness (QED) is 0.284. The average Bonchev–Trinajstić information content (AvgIpc) is 2.68. The van der Waals surface area contributed by atoms with Gasteiger partial charge in [0.15, 0.2) is 0 Å². The second kappa shape index (κ2) is 9.01. The summed E-state index contributed by atoms with van der Waals surface area (Å²) in [4.78, 5) is 34.9. The van der Waals surface area contributed by atoms with E-state index in [1.54, 1.807) is 12.1 Å². The van der Waals surface area contributed by atoms with E-state index in [1.807, 2.05) is 0 Å². The molecular weight excluding hydrogens is 393 g/mol. The molecule has 0 radical (unpaired) electrons. The van der Waals surface area contributed by atoms with E-state index < -0.39 is 30.4 Å². The number of aromatic carboxylic acids is 1. The van der Waals surface area contributed by atoms with Crippen LogP contribution in [0.1, 0.15) is 48.0 Å². The number of carbonyl (C=O) groups excluding carboxylic acids is 1. The molecule has 1 heterocycles. The molecule has 1 aliphatic heterocycles. The molecule has 11 heteroatoms. The first kappa shape index (κ1) is 22.0. The number of nitro groups is 1. The largest absolute Gasteiger partial charge is 0.547 e. The zero-order valence-electron chi connectivity index (χ0n) is 16.6. The predicted molar refractivity (Wildman–Crippen MR) is 108 cm³/mol. The highest BCUT2D eigenvalue weighted by Crippen LogP contribution is 2.41. The van der Waals surface area contributed by atoms with Crippen LogP contribution in [0.3, 0.4) is 0 Å². The Bertz CT molecular complexity index is 826. The van der Waals surface area contributed by atoms with Crippen molar-refractivity contribution in [3.8, 4) is 5.75 Å². The number of nitrogens with zero attached hydrogens (tertiary/aromatic N) is 1. The van der Waals surface area contributed by atoms with E-state index in [4.69, 9.17) is 10.4 Å². The molecule has 1 aromatic rings. The Morgan fingerprint density at radius 3 is 2.67 bits per heavy atom. The lowest BCUT2D eigenvalue weighted by Crippen LogP contribution is -2.54. The van der Waals surface area contributed by atoms with Crippen LogP contribution < -0.4 is 15.7 Å². The number of rotatable bonds is 7. The Hall–Kier alpha value is -2.66. The van der Waals surface area contributed by atoms with Crippen molar-refractivity contribution in [1.82, 2.24) is 5.32 Å². The standard InChI is InChI=1S/C19H26BN3O7/c21-10-12-4-6-19(7-5-12,11-23(28)29)9-16(24)22-15-8-13-2-1-3-14(18(25)26)17(13)30-20(15)27/h1-3,12,15,27H,4-11,21H2,(H,22,24)(H,25,26)/t12?,15-,19?/m0/s1. The molecule has 162 valence electrons. The van der Waals surface area contributed by atoms with Gasteiger partial charge in [-0.05, 0) is 56.2 Å². The van der Waals surface area contributed by atoms with Gasteiger partial charge in [-0.2, -0.15) is 0 Å². The Balaban J connectivity index is 1.68. The highest BCUT2D eigenvalue weighted by Gasteiger charge is 2.43. The van der Waals surface area contributed by atoms with Gasteiger partial charge in [-0.15, -0.1) is 0 Å². The molecule has 1 aliphatic carbocycles. The maximum Gasteiger partial charge on any atom is 0.547 e. The van der Waals surface area contributed by atoms with Crippen molar-refractivity contribution < 1.29 is 29.3 Å². The van der Waals surface area contributed by atoms with Crippen LogP contribution in [0.4, 0.5) is 0 Å². The lowest BCUT2D eigenvalue weighted by molar-refractivity contribution is -0.499. The number of nitrogens with one attached hydrogen (secondary N) is 1. The molecule has 1 amide bonds. The summed E-state index contributed by atoms with van der Waals surface area (Å²) in [7, 11) is -1.42. The summed E-state index contributed by atoms with van der Waals surface area (Å²) in [5.41, 5.74) is 5.49. The third-order valence-electron chi connectivity index (χ3n) is 6.20. The molecule has 1 saturated carbocycles. The summed E-state index contributed by atoms with van der Waals surface area (Å²) in [6.07, 6.45) is 2.78. The van der Waals surface area contributed by atoms with Gasteiger partial charge in [0.25, 0.3) is 0 Å². The lowest BCUT2D eigenvalue weighted by atomic mass is 9.68. The van der Waals surface area contributed by atoms with Gasteiger partial charge in [0.1, 0.15) is 5.75 Å². The highest BCUT2D eigenvalue weighted by molar-refractivity contribution is 6.47. The fourth-order valence-corrected chi connectivity index (χ4v) is 4.50. The summed E-state index contributed by atoms with van der Waals surface area (Å²) in [6.45, 7) is 0.246. The van der Waals surface area contributed by atoms with E-state index in [0.29, 0.717) is 30.9 Å². The first-order valence-electron chi connectivity index (χ1n) is 10.0. The third-order valence-corrected chi connectivity index (χ3v) is 6.20. The van der Waals surface area contributed by atoms with Gasteiger partial charge in [0.2, 0.25) is 12.5 Å². The Labute approximate surface area is 174 Å². The summed E-state index contributed by atoms with van der Waals surface area (Å²) >= 11 is 0. The number of hydrogen-bond donors (Lipinski definition) is 4. The van der Waals surface area contributed by atoms with Crippen LogP contribution >= 0.6 is 0 Å². The van der Waals surface area contributed by atoms with Crippen LogP contribution in [0.2, 0.25) is 0 Å². The van der Waals surface area contributed by atoms with Gasteiger partial charge in [-0.3, -0.25) is 14.9 Å². The molecule has 10 nitrogen and oxygen atoms in total. The van der Waals surface area contributed by atoms with Gasteiger partial charge >= 0.3 is 13.1 Å². The van der Waals surface area contributed by atoms with E-state index in [-0.39, 0.29) is 35.6 Å². The second-order valence-corrected chi connectivity index (χ2v) is 8.33. The molecule has 1 fully saturated rings. The van der Waals surface area contributed by atoms with Crippen molar-refractivity contribution >= 4 is 19.0 Å². The average molecular weight is 419 g/mol. The van der Waals surface area contributed by atoms with Crippen molar-refractivity contribution in [3.63, 3.8) is 0 Å². The van der Waals surface area contributed by atoms with Gasteiger partial charge in [-0.1, -0.05) is 12.1 Å². The minimum absolute atomic E-state index is 0.0173. The van der Waals surface area contributed by atoms with E-state index in [9.17, 15) is 29.8 Å². The van der Waals surface area contributed by atoms with Crippen LogP contribution in [0.25, 0.3) is 0 Å². The molecule has 1 atom stereocenters. The smallest absolute Gasteiger partial charge is 0.534 e. The molecule has 0 aromatic heterocycles. The second-order valence-electron chi connectivity index (χ2n) is 8.33. The number of carboxylic acids is 1. The van der Waals surface area contributed by atoms with Crippen molar-refractivity contribution in [2.75, 3.05) is 13.1 Å². The zero-order chi connectivity index (χ0) is 21.9. The zero-order valence-corrected chi connectivity index (χ0v) is 16.6. The molecular formula is C19H26BN3O7. The number of amides is 1. The van der Waals surface area contributed by atoms with Gasteiger partial charge in [0, 0.05) is 16.8 Å². The topological polar surface area (TPSA) is 165 Å². The third kappa shape index (κ3) is 4.90. The van der Waals surface area contributed by atoms with Crippen molar-refractivity contribution in [3.05, 3.63) is 39.4 Å². The fraction of sp³-hybridized carbons (Fsp3) is 0.579. The Morgan fingerprint density at radius 1 is 1.37 bits per heavy atom. The van der Waals surface area contributed by atoms with Gasteiger partial charge in [0.05, 0.1) is 11.5 Å². The molecule has 3 rings (SSSR count). The minimum Gasteiger partial charge on any atom is -0.534 e. The molecule has 0 saturated heterocycles. The molecule has 2 aliphatic rings. The fourth-order valence-electron chi connectivity index (χ4n) is 4.50. The predicted octanol–water partition coefficient (Wildman–Crippen LogP) is 0.626. The van der Waals surface area contributed by atoms with Crippen molar-refractivity contribution in [2.45, 2.75) is 44.5 Å². The van der Waals surface area contributed by atoms with E-state index in [2.05, 4.69) is 5.32 Å². The Kier molecular flexibility index (Phi) is 6.62. The number of fused-ring (bicyclic) bond motifs is 1. The number of carboxylic acid groups (broad SMARTS) is 1. The van der Waals surface area contributed by atoms with Crippen LogP contribution in [0.5, 0.6) is 5.75 Å². The van der Waals surface area contributed by atoms with E-state index in [1.165, 1.54) is 6.07 Å². The van der Waals surface area contributed by atoms with Gasteiger partial charge in [-0.25, -0.2) is 4.79 Å². The molecule has 5 N–H and O–H groups in total. The molecule has 0 bridgehead atoms. The molecule has 0 spiro atoms. The molecule has 0 unspecified atom stereocenters. The van der Waals surface area contributed by atoms with Crippen molar-refractivity contribution in [1.29, 1.82) is 0 Å². The summed E-state index contributed by atoms with van der Waals surface area (Å²) in [6, 6.07) is 4.63. The van der Waals surface area contributed by atoms with Crippen LogP contribution in [-0.2, 0) is 11.2 Å². The number of benzene rings is 1. The number of hydrogen-bond acceptors (Lipinski definition) is 7. The summed E-state index contributed by atoms with van der Waals surface area (Å²) in [5, 5.41) is 33.5. The SMILES string of the molecule is NCC1CCC(CC(=O)N[C@H]2Cc3cccc(C(=O)O)c3OB2O)(C[N+](=O)[O-])CC1. The molecule has 1 aromatic carbocycles. The summed E-state index contributed by atoms with van der Waals surface area (Å²) < 4.78 is 5.38.